The van der Waals surface area contributed by atoms with E-state index >= 15 is 0 Å². The van der Waals surface area contributed by atoms with E-state index in [1.807, 2.05) is 0 Å². The number of halogens is 3. The molecule has 3 rings (SSSR count). The molecule has 0 unspecified atom stereocenters. The number of rotatable bonds is 5. The standard InChI is InChI=1S/C19H17F3N2O5/c20-19(21,22)29-14-4-2-13(3-5-14)24-18(27)17(26)23-10-15(25)11-1-6-16-12(9-11)7-8-28-16/h1-6,9,15,25H,7-8,10H2,(H,23,26)(H,24,27)/t15-/m1/s1. The van der Waals surface area contributed by atoms with Crippen LogP contribution in [0.4, 0.5) is 18.9 Å². The first-order valence-corrected chi connectivity index (χ1v) is 8.60. The fourth-order valence-corrected chi connectivity index (χ4v) is 2.73. The van der Waals surface area contributed by atoms with E-state index in [0.29, 0.717) is 12.2 Å². The molecule has 0 radical (unpaired) electrons. The summed E-state index contributed by atoms with van der Waals surface area (Å²) in [6.45, 7) is 0.388. The van der Waals surface area contributed by atoms with Crippen molar-refractivity contribution < 1.29 is 37.3 Å². The van der Waals surface area contributed by atoms with Gasteiger partial charge in [0.05, 0.1) is 12.7 Å². The summed E-state index contributed by atoms with van der Waals surface area (Å²) in [5.74, 6) is -1.72. The molecule has 2 aromatic carbocycles. The number of amides is 2. The third-order valence-electron chi connectivity index (χ3n) is 4.11. The Morgan fingerprint density at radius 1 is 1.14 bits per heavy atom. The van der Waals surface area contributed by atoms with Crippen molar-refractivity contribution in [1.82, 2.24) is 5.32 Å². The summed E-state index contributed by atoms with van der Waals surface area (Å²) in [5.41, 5.74) is 1.65. The predicted octanol–water partition coefficient (Wildman–Crippen LogP) is 2.31. The Labute approximate surface area is 163 Å². The minimum Gasteiger partial charge on any atom is -0.493 e. The minimum atomic E-state index is -4.82. The molecule has 7 nitrogen and oxygen atoms in total. The summed E-state index contributed by atoms with van der Waals surface area (Å²) in [6.07, 6.45) is -5.11. The Hall–Kier alpha value is -3.27. The molecule has 2 aromatic rings. The number of fused-ring (bicyclic) bond motifs is 1. The number of aliphatic hydroxyl groups is 1. The Morgan fingerprint density at radius 3 is 2.55 bits per heavy atom. The van der Waals surface area contributed by atoms with Crippen molar-refractivity contribution in [3.8, 4) is 11.5 Å². The van der Waals surface area contributed by atoms with Gasteiger partial charge in [0, 0.05) is 18.7 Å². The molecule has 0 bridgehead atoms. The monoisotopic (exact) mass is 410 g/mol. The van der Waals surface area contributed by atoms with Crippen molar-refractivity contribution in [3.05, 3.63) is 53.6 Å². The number of ether oxygens (including phenoxy) is 2. The van der Waals surface area contributed by atoms with E-state index in [9.17, 15) is 27.9 Å². The lowest BCUT2D eigenvalue weighted by Crippen LogP contribution is -2.37. The smallest absolute Gasteiger partial charge is 0.493 e. The van der Waals surface area contributed by atoms with Crippen LogP contribution in [0.25, 0.3) is 0 Å². The Kier molecular flexibility index (Phi) is 5.92. The van der Waals surface area contributed by atoms with Crippen LogP contribution in [0.2, 0.25) is 0 Å². The molecular formula is C19H17F3N2O5. The molecule has 0 saturated carbocycles. The van der Waals surface area contributed by atoms with E-state index in [1.54, 1.807) is 18.2 Å². The van der Waals surface area contributed by atoms with Gasteiger partial charge in [0.2, 0.25) is 0 Å². The van der Waals surface area contributed by atoms with Gasteiger partial charge in [0.1, 0.15) is 11.5 Å². The van der Waals surface area contributed by atoms with E-state index in [-0.39, 0.29) is 12.2 Å². The van der Waals surface area contributed by atoms with Crippen molar-refractivity contribution >= 4 is 17.5 Å². The second-order valence-corrected chi connectivity index (χ2v) is 6.22. The zero-order chi connectivity index (χ0) is 21.0. The second kappa shape index (κ2) is 8.39. The number of carbonyl (C=O) groups is 2. The largest absolute Gasteiger partial charge is 0.573 e. The van der Waals surface area contributed by atoms with Gasteiger partial charge in [-0.15, -0.1) is 13.2 Å². The summed E-state index contributed by atoms with van der Waals surface area (Å²) < 4.78 is 45.5. The maximum atomic E-state index is 12.1. The van der Waals surface area contributed by atoms with Gasteiger partial charge >= 0.3 is 18.2 Å². The van der Waals surface area contributed by atoms with Crippen LogP contribution in [0, 0.1) is 0 Å². The van der Waals surface area contributed by atoms with Gasteiger partial charge < -0.3 is 25.2 Å². The van der Waals surface area contributed by atoms with Gasteiger partial charge in [-0.1, -0.05) is 6.07 Å². The van der Waals surface area contributed by atoms with Crippen molar-refractivity contribution in [2.75, 3.05) is 18.5 Å². The SMILES string of the molecule is O=C(NC[C@@H](O)c1ccc2c(c1)CCO2)C(=O)Nc1ccc(OC(F)(F)F)cc1. The number of aliphatic hydroxyl groups excluding tert-OH is 1. The topological polar surface area (TPSA) is 96.9 Å². The van der Waals surface area contributed by atoms with Crippen molar-refractivity contribution in [1.29, 1.82) is 0 Å². The lowest BCUT2D eigenvalue weighted by atomic mass is 10.0. The van der Waals surface area contributed by atoms with Crippen LogP contribution in [0.5, 0.6) is 11.5 Å². The fraction of sp³-hybridized carbons (Fsp3) is 0.263. The summed E-state index contributed by atoms with van der Waals surface area (Å²) in [7, 11) is 0. The average molecular weight is 410 g/mol. The van der Waals surface area contributed by atoms with Crippen molar-refractivity contribution in [2.45, 2.75) is 18.9 Å². The molecule has 1 aliphatic rings. The van der Waals surface area contributed by atoms with Crippen molar-refractivity contribution in [2.24, 2.45) is 0 Å². The summed E-state index contributed by atoms with van der Waals surface area (Å²) in [6, 6.07) is 9.52. The maximum absolute atomic E-state index is 12.1. The number of benzene rings is 2. The Morgan fingerprint density at radius 2 is 1.86 bits per heavy atom. The van der Waals surface area contributed by atoms with E-state index < -0.39 is 30.0 Å². The van der Waals surface area contributed by atoms with Gasteiger partial charge in [-0.3, -0.25) is 9.59 Å². The number of alkyl halides is 3. The number of carbonyl (C=O) groups excluding carboxylic acids is 2. The van der Waals surface area contributed by atoms with Gasteiger partial charge in [-0.25, -0.2) is 0 Å². The first-order valence-electron chi connectivity index (χ1n) is 8.60. The molecule has 154 valence electrons. The molecular weight excluding hydrogens is 393 g/mol. The third kappa shape index (κ3) is 5.61. The highest BCUT2D eigenvalue weighted by Crippen LogP contribution is 2.28. The molecule has 1 atom stereocenters. The third-order valence-corrected chi connectivity index (χ3v) is 4.11. The lowest BCUT2D eigenvalue weighted by Gasteiger charge is -2.13. The highest BCUT2D eigenvalue weighted by atomic mass is 19.4. The van der Waals surface area contributed by atoms with Crippen LogP contribution < -0.4 is 20.1 Å². The van der Waals surface area contributed by atoms with Crippen LogP contribution in [0.1, 0.15) is 17.2 Å². The van der Waals surface area contributed by atoms with Crippen LogP contribution in [-0.4, -0.2) is 36.4 Å². The van der Waals surface area contributed by atoms with Gasteiger partial charge in [0.25, 0.3) is 0 Å². The van der Waals surface area contributed by atoms with Crippen molar-refractivity contribution in [3.63, 3.8) is 0 Å². The molecule has 3 N–H and O–H groups in total. The number of nitrogens with one attached hydrogen (secondary N) is 2. The number of hydrogen-bond acceptors (Lipinski definition) is 5. The first-order chi connectivity index (χ1) is 13.7. The minimum absolute atomic E-state index is 0.110. The Balaban J connectivity index is 1.49. The molecule has 10 heteroatoms. The summed E-state index contributed by atoms with van der Waals surface area (Å²) >= 11 is 0. The number of anilines is 1. The molecule has 0 aliphatic carbocycles. The Bertz CT molecular complexity index is 900. The van der Waals surface area contributed by atoms with E-state index in [0.717, 1.165) is 42.0 Å². The maximum Gasteiger partial charge on any atom is 0.573 e. The van der Waals surface area contributed by atoms with E-state index in [1.165, 1.54) is 0 Å². The van der Waals surface area contributed by atoms with Gasteiger partial charge in [-0.2, -0.15) is 0 Å². The molecule has 29 heavy (non-hydrogen) atoms. The molecule has 1 heterocycles. The van der Waals surface area contributed by atoms with Gasteiger partial charge in [0.15, 0.2) is 0 Å². The van der Waals surface area contributed by atoms with E-state index in [2.05, 4.69) is 15.4 Å². The van der Waals surface area contributed by atoms with Crippen LogP contribution in [0.15, 0.2) is 42.5 Å². The zero-order valence-corrected chi connectivity index (χ0v) is 15.0. The second-order valence-electron chi connectivity index (χ2n) is 6.22. The predicted molar refractivity (Wildman–Crippen MR) is 95.4 cm³/mol. The lowest BCUT2D eigenvalue weighted by molar-refractivity contribution is -0.274. The fourth-order valence-electron chi connectivity index (χ4n) is 2.73. The van der Waals surface area contributed by atoms with Crippen LogP contribution in [0.3, 0.4) is 0 Å². The zero-order valence-electron chi connectivity index (χ0n) is 15.0. The van der Waals surface area contributed by atoms with Crippen LogP contribution >= 0.6 is 0 Å². The first kappa shape index (κ1) is 20.5. The molecule has 0 aromatic heterocycles. The molecule has 2 amide bonds. The normalized spacial score (nSPS) is 13.8. The van der Waals surface area contributed by atoms with Crippen LogP contribution in [-0.2, 0) is 16.0 Å². The average Bonchev–Trinajstić information content (AvgIpc) is 3.14. The molecule has 0 spiro atoms. The summed E-state index contributed by atoms with van der Waals surface area (Å²) in [5, 5.41) is 14.8. The highest BCUT2D eigenvalue weighted by molar-refractivity contribution is 6.39. The molecule has 0 saturated heterocycles. The molecule has 1 aliphatic heterocycles. The highest BCUT2D eigenvalue weighted by Gasteiger charge is 2.31. The number of hydrogen-bond donors (Lipinski definition) is 3. The van der Waals surface area contributed by atoms with E-state index in [4.69, 9.17) is 4.74 Å². The quantitative estimate of drug-likeness (QED) is 0.658. The summed E-state index contributed by atoms with van der Waals surface area (Å²) in [4.78, 5) is 23.8. The van der Waals surface area contributed by atoms with Gasteiger partial charge in [-0.05, 0) is 47.5 Å². The molecule has 0 fully saturated rings.